The molecule has 27 heavy (non-hydrogen) atoms. The SMILES string of the molecule is O=C1OCC2=C1C(c1ccc3c(c1)OCO3)c1c(ccc3c1OCO3)C2O. The second-order valence-corrected chi connectivity index (χ2v) is 6.77. The van der Waals surface area contributed by atoms with Gasteiger partial charge < -0.3 is 28.8 Å². The van der Waals surface area contributed by atoms with Crippen molar-refractivity contribution in [3.05, 3.63) is 58.2 Å². The molecule has 136 valence electrons. The molecular formula is C20H14O7. The lowest BCUT2D eigenvalue weighted by molar-refractivity contribution is -0.136. The number of hydrogen-bond acceptors (Lipinski definition) is 7. The quantitative estimate of drug-likeness (QED) is 0.775. The van der Waals surface area contributed by atoms with Gasteiger partial charge in [0, 0.05) is 17.1 Å². The number of rotatable bonds is 1. The van der Waals surface area contributed by atoms with Crippen LogP contribution in [-0.4, -0.2) is 31.3 Å². The lowest BCUT2D eigenvalue weighted by Crippen LogP contribution is -2.21. The molecule has 2 atom stereocenters. The number of carbonyl (C=O) groups excluding carboxylic acids is 1. The molecular weight excluding hydrogens is 352 g/mol. The molecule has 7 heteroatoms. The second-order valence-electron chi connectivity index (χ2n) is 6.77. The molecule has 0 amide bonds. The largest absolute Gasteiger partial charge is 0.458 e. The zero-order valence-corrected chi connectivity index (χ0v) is 14.1. The molecule has 0 bridgehead atoms. The monoisotopic (exact) mass is 366 g/mol. The number of aliphatic hydroxyl groups excluding tert-OH is 1. The van der Waals surface area contributed by atoms with Crippen molar-refractivity contribution in [1.29, 1.82) is 0 Å². The van der Waals surface area contributed by atoms with Crippen LogP contribution in [0.1, 0.15) is 28.7 Å². The van der Waals surface area contributed by atoms with E-state index >= 15 is 0 Å². The normalized spacial score (nSPS) is 24.0. The van der Waals surface area contributed by atoms with Gasteiger partial charge in [-0.25, -0.2) is 4.79 Å². The zero-order chi connectivity index (χ0) is 18.1. The van der Waals surface area contributed by atoms with Gasteiger partial charge in [-0.2, -0.15) is 0 Å². The number of carbonyl (C=O) groups is 1. The Balaban J connectivity index is 1.63. The lowest BCUT2D eigenvalue weighted by atomic mass is 9.73. The van der Waals surface area contributed by atoms with Gasteiger partial charge >= 0.3 is 5.97 Å². The lowest BCUT2D eigenvalue weighted by Gasteiger charge is -2.30. The highest BCUT2D eigenvalue weighted by molar-refractivity contribution is 5.96. The van der Waals surface area contributed by atoms with Crippen LogP contribution in [0.25, 0.3) is 0 Å². The minimum atomic E-state index is -0.916. The number of cyclic esters (lactones) is 1. The van der Waals surface area contributed by atoms with E-state index in [0.717, 1.165) is 11.1 Å². The third-order valence-corrected chi connectivity index (χ3v) is 5.47. The molecule has 2 aromatic carbocycles. The van der Waals surface area contributed by atoms with Crippen LogP contribution in [0.5, 0.6) is 23.0 Å². The summed E-state index contributed by atoms with van der Waals surface area (Å²) in [6.45, 7) is 0.359. The van der Waals surface area contributed by atoms with E-state index < -0.39 is 18.0 Å². The molecule has 0 fully saturated rings. The van der Waals surface area contributed by atoms with Crippen molar-refractivity contribution in [2.24, 2.45) is 0 Å². The number of aliphatic hydroxyl groups is 1. The number of esters is 1. The maximum atomic E-state index is 12.6. The molecule has 4 aliphatic rings. The summed E-state index contributed by atoms with van der Waals surface area (Å²) in [5, 5.41) is 10.9. The Hall–Kier alpha value is -3.19. The number of hydrogen-bond donors (Lipinski definition) is 1. The van der Waals surface area contributed by atoms with E-state index in [4.69, 9.17) is 23.7 Å². The van der Waals surface area contributed by atoms with Gasteiger partial charge in [0.25, 0.3) is 0 Å². The van der Waals surface area contributed by atoms with Crippen molar-refractivity contribution in [2.75, 3.05) is 20.2 Å². The first-order chi connectivity index (χ1) is 13.2. The topological polar surface area (TPSA) is 83.5 Å². The highest BCUT2D eigenvalue weighted by atomic mass is 16.7. The second kappa shape index (κ2) is 5.17. The standard InChI is InChI=1S/C20H14O7/c21-18-10-2-4-13-19(27-8-25-13)16(10)15(17-11(18)6-23-20(17)22)9-1-3-12-14(5-9)26-7-24-12/h1-5,15,18,21H,6-8H2. The van der Waals surface area contributed by atoms with Gasteiger partial charge in [0.1, 0.15) is 12.7 Å². The van der Waals surface area contributed by atoms with Gasteiger partial charge in [-0.1, -0.05) is 12.1 Å². The summed E-state index contributed by atoms with van der Waals surface area (Å²) in [6, 6.07) is 9.18. The average molecular weight is 366 g/mol. The molecule has 0 saturated carbocycles. The van der Waals surface area contributed by atoms with E-state index in [1.807, 2.05) is 24.3 Å². The summed E-state index contributed by atoms with van der Waals surface area (Å²) in [4.78, 5) is 12.6. The van der Waals surface area contributed by atoms with E-state index in [-0.39, 0.29) is 20.2 Å². The summed E-state index contributed by atoms with van der Waals surface area (Å²) in [7, 11) is 0. The molecule has 6 rings (SSSR count). The van der Waals surface area contributed by atoms with Crippen molar-refractivity contribution in [3.8, 4) is 23.0 Å². The fraction of sp³-hybridized carbons (Fsp3) is 0.250. The molecule has 0 aromatic heterocycles. The third-order valence-electron chi connectivity index (χ3n) is 5.47. The molecule has 2 unspecified atom stereocenters. The smallest absolute Gasteiger partial charge is 0.335 e. The molecule has 1 N–H and O–H groups in total. The predicted octanol–water partition coefficient (Wildman–Crippen LogP) is 2.18. The van der Waals surface area contributed by atoms with E-state index in [2.05, 4.69) is 0 Å². The highest BCUT2D eigenvalue weighted by Gasteiger charge is 2.45. The summed E-state index contributed by atoms with van der Waals surface area (Å²) in [5.41, 5.74) is 3.31. The van der Waals surface area contributed by atoms with E-state index in [1.54, 1.807) is 6.07 Å². The third kappa shape index (κ3) is 1.92. The fourth-order valence-corrected chi connectivity index (χ4v) is 4.26. The summed E-state index contributed by atoms with van der Waals surface area (Å²) in [6.07, 6.45) is -0.916. The molecule has 0 radical (unpaired) electrons. The van der Waals surface area contributed by atoms with Crippen molar-refractivity contribution < 1.29 is 33.6 Å². The highest BCUT2D eigenvalue weighted by Crippen LogP contribution is 2.54. The van der Waals surface area contributed by atoms with Gasteiger partial charge in [-0.05, 0) is 29.3 Å². The fourth-order valence-electron chi connectivity index (χ4n) is 4.26. The van der Waals surface area contributed by atoms with Crippen molar-refractivity contribution in [1.82, 2.24) is 0 Å². The maximum Gasteiger partial charge on any atom is 0.335 e. The average Bonchev–Trinajstić information content (AvgIpc) is 3.41. The molecule has 0 saturated heterocycles. The molecule has 3 aliphatic heterocycles. The Kier molecular flexibility index (Phi) is 2.86. The first kappa shape index (κ1) is 14.9. The van der Waals surface area contributed by atoms with Crippen LogP contribution in [0.15, 0.2) is 41.5 Å². The molecule has 1 aliphatic carbocycles. The zero-order valence-electron chi connectivity index (χ0n) is 14.1. The number of fused-ring (bicyclic) bond motifs is 4. The van der Waals surface area contributed by atoms with Crippen molar-refractivity contribution >= 4 is 5.97 Å². The van der Waals surface area contributed by atoms with Crippen molar-refractivity contribution in [3.63, 3.8) is 0 Å². The Bertz CT molecular complexity index is 1040. The number of benzene rings is 2. The Morgan fingerprint density at radius 1 is 0.889 bits per heavy atom. The Morgan fingerprint density at radius 3 is 2.59 bits per heavy atom. The van der Waals surface area contributed by atoms with Crippen LogP contribution in [0.4, 0.5) is 0 Å². The summed E-state index contributed by atoms with van der Waals surface area (Å²) in [5.74, 6) is 1.57. The van der Waals surface area contributed by atoms with Gasteiger partial charge in [0.2, 0.25) is 13.6 Å². The number of ether oxygens (including phenoxy) is 5. The van der Waals surface area contributed by atoms with Crippen LogP contribution in [0.3, 0.4) is 0 Å². The van der Waals surface area contributed by atoms with E-state index in [0.29, 0.717) is 39.7 Å². The molecule has 3 heterocycles. The van der Waals surface area contributed by atoms with Crippen LogP contribution in [0, 0.1) is 0 Å². The van der Waals surface area contributed by atoms with Crippen molar-refractivity contribution in [2.45, 2.75) is 12.0 Å². The first-order valence-corrected chi connectivity index (χ1v) is 8.62. The van der Waals surface area contributed by atoms with Gasteiger partial charge in [0.15, 0.2) is 23.0 Å². The van der Waals surface area contributed by atoms with Gasteiger partial charge in [-0.3, -0.25) is 0 Å². The van der Waals surface area contributed by atoms with Crippen LogP contribution < -0.4 is 18.9 Å². The van der Waals surface area contributed by atoms with Gasteiger partial charge in [-0.15, -0.1) is 0 Å². The Labute approximate surface area is 153 Å². The molecule has 7 nitrogen and oxygen atoms in total. The summed E-state index contributed by atoms with van der Waals surface area (Å²) < 4.78 is 27.4. The van der Waals surface area contributed by atoms with Crippen LogP contribution >= 0.6 is 0 Å². The molecule has 2 aromatic rings. The first-order valence-electron chi connectivity index (χ1n) is 8.62. The minimum Gasteiger partial charge on any atom is -0.458 e. The molecule has 0 spiro atoms. The van der Waals surface area contributed by atoms with Gasteiger partial charge in [0.05, 0.1) is 5.57 Å². The minimum absolute atomic E-state index is 0.0876. The van der Waals surface area contributed by atoms with Crippen LogP contribution in [0.2, 0.25) is 0 Å². The van der Waals surface area contributed by atoms with E-state index in [9.17, 15) is 9.90 Å². The Morgan fingerprint density at radius 2 is 1.67 bits per heavy atom. The van der Waals surface area contributed by atoms with Crippen LogP contribution in [-0.2, 0) is 9.53 Å². The maximum absolute atomic E-state index is 12.6. The van der Waals surface area contributed by atoms with E-state index in [1.165, 1.54) is 0 Å². The predicted molar refractivity (Wildman–Crippen MR) is 89.9 cm³/mol. The summed E-state index contributed by atoms with van der Waals surface area (Å²) >= 11 is 0.